The van der Waals surface area contributed by atoms with Gasteiger partial charge in [-0.15, -0.1) is 0 Å². The van der Waals surface area contributed by atoms with Gasteiger partial charge in [-0.05, 0) is 18.2 Å². The molecule has 112 valence electrons. The Morgan fingerprint density at radius 3 is 2.71 bits per heavy atom. The topological polar surface area (TPSA) is 112 Å². The Morgan fingerprint density at radius 2 is 2.14 bits per heavy atom. The van der Waals surface area contributed by atoms with Crippen LogP contribution >= 0.6 is 0 Å². The molecule has 1 aromatic heterocycles. The summed E-state index contributed by atoms with van der Waals surface area (Å²) in [4.78, 5) is 9.78. The molecular formula is C12H12N2O6S. The first-order valence-corrected chi connectivity index (χ1v) is 7.27. The van der Waals surface area contributed by atoms with Crippen molar-refractivity contribution >= 4 is 15.7 Å². The molecular weight excluding hydrogens is 300 g/mol. The number of ether oxygens (including phenoxy) is 1. The third-order valence-electron chi connectivity index (χ3n) is 2.66. The summed E-state index contributed by atoms with van der Waals surface area (Å²) in [6.45, 7) is -0.0683. The first-order chi connectivity index (χ1) is 9.94. The van der Waals surface area contributed by atoms with Crippen molar-refractivity contribution in [1.29, 1.82) is 0 Å². The van der Waals surface area contributed by atoms with Gasteiger partial charge in [0.15, 0.2) is 0 Å². The molecule has 0 aliphatic rings. The molecule has 0 unspecified atom stereocenters. The molecule has 0 amide bonds. The Kier molecular flexibility index (Phi) is 4.24. The second-order valence-electron chi connectivity index (χ2n) is 4.00. The summed E-state index contributed by atoms with van der Waals surface area (Å²) >= 11 is 0. The zero-order valence-electron chi connectivity index (χ0n) is 11.0. The van der Waals surface area contributed by atoms with E-state index in [2.05, 4.69) is 4.72 Å². The minimum absolute atomic E-state index is 0.0209. The monoisotopic (exact) mass is 312 g/mol. The highest BCUT2D eigenvalue weighted by molar-refractivity contribution is 7.89. The van der Waals surface area contributed by atoms with Gasteiger partial charge in [0.05, 0.1) is 24.8 Å². The van der Waals surface area contributed by atoms with Crippen LogP contribution in [0.1, 0.15) is 5.76 Å². The summed E-state index contributed by atoms with van der Waals surface area (Å²) in [5.74, 6) is 0.440. The number of methoxy groups -OCH3 is 1. The van der Waals surface area contributed by atoms with Crippen LogP contribution in [0.5, 0.6) is 5.75 Å². The normalized spacial score (nSPS) is 11.3. The minimum atomic E-state index is -3.97. The molecule has 1 N–H and O–H groups in total. The summed E-state index contributed by atoms with van der Waals surface area (Å²) in [6, 6.07) is 6.58. The van der Waals surface area contributed by atoms with Gasteiger partial charge in [0.1, 0.15) is 16.4 Å². The second-order valence-corrected chi connectivity index (χ2v) is 5.73. The van der Waals surface area contributed by atoms with E-state index in [4.69, 9.17) is 9.15 Å². The van der Waals surface area contributed by atoms with Crippen molar-refractivity contribution in [3.63, 3.8) is 0 Å². The number of nitro benzene ring substituents is 1. The molecule has 0 saturated carbocycles. The quantitative estimate of drug-likeness (QED) is 0.641. The van der Waals surface area contributed by atoms with E-state index < -0.39 is 14.9 Å². The molecule has 2 aromatic rings. The lowest BCUT2D eigenvalue weighted by Gasteiger charge is -2.09. The Bertz CT molecular complexity index is 739. The van der Waals surface area contributed by atoms with E-state index in [1.54, 1.807) is 12.1 Å². The highest BCUT2D eigenvalue weighted by Crippen LogP contribution is 2.28. The molecule has 0 saturated heterocycles. The fraction of sp³-hybridized carbons (Fsp3) is 0.167. The number of hydrogen-bond donors (Lipinski definition) is 1. The number of non-ortho nitro benzene ring substituents is 1. The summed E-state index contributed by atoms with van der Waals surface area (Å²) in [6.07, 6.45) is 1.41. The molecule has 1 heterocycles. The maximum atomic E-state index is 12.2. The number of nitro groups is 1. The van der Waals surface area contributed by atoms with Crippen LogP contribution in [0, 0.1) is 10.1 Å². The van der Waals surface area contributed by atoms with Crippen molar-refractivity contribution in [1.82, 2.24) is 4.72 Å². The Hall–Kier alpha value is -2.39. The molecule has 1 aromatic carbocycles. The van der Waals surface area contributed by atoms with Gasteiger partial charge in [-0.3, -0.25) is 10.1 Å². The fourth-order valence-electron chi connectivity index (χ4n) is 1.65. The van der Waals surface area contributed by atoms with Gasteiger partial charge in [0, 0.05) is 12.1 Å². The van der Waals surface area contributed by atoms with Crippen LogP contribution in [0.2, 0.25) is 0 Å². The van der Waals surface area contributed by atoms with Crippen LogP contribution in [-0.4, -0.2) is 20.5 Å². The van der Waals surface area contributed by atoms with Crippen LogP contribution in [0.25, 0.3) is 0 Å². The Balaban J connectivity index is 2.33. The number of hydrogen-bond acceptors (Lipinski definition) is 6. The summed E-state index contributed by atoms with van der Waals surface area (Å²) < 4.78 is 36.7. The van der Waals surface area contributed by atoms with Crippen LogP contribution in [-0.2, 0) is 16.6 Å². The standard InChI is InChI=1S/C12H12N2O6S/c1-19-11-5-4-9(14(15)16)7-12(11)21(17,18)13-8-10-3-2-6-20-10/h2-7,13H,8H2,1H3. The molecule has 0 aliphatic carbocycles. The lowest BCUT2D eigenvalue weighted by molar-refractivity contribution is -0.385. The maximum absolute atomic E-state index is 12.2. The van der Waals surface area contributed by atoms with E-state index in [0.29, 0.717) is 5.76 Å². The van der Waals surface area contributed by atoms with Gasteiger partial charge in [-0.25, -0.2) is 13.1 Å². The summed E-state index contributed by atoms with van der Waals surface area (Å²) in [5.41, 5.74) is -0.339. The van der Waals surface area contributed by atoms with Gasteiger partial charge in [0.25, 0.3) is 5.69 Å². The van der Waals surface area contributed by atoms with Gasteiger partial charge in [0.2, 0.25) is 10.0 Å². The fourth-order valence-corrected chi connectivity index (χ4v) is 2.83. The van der Waals surface area contributed by atoms with Crippen LogP contribution < -0.4 is 9.46 Å². The number of benzene rings is 1. The molecule has 2 rings (SSSR count). The SMILES string of the molecule is COc1ccc([N+](=O)[O-])cc1S(=O)(=O)NCc1ccco1. The van der Waals surface area contributed by atoms with Crippen molar-refractivity contribution in [3.8, 4) is 5.75 Å². The average Bonchev–Trinajstić information content (AvgIpc) is 2.98. The van der Waals surface area contributed by atoms with E-state index in [1.165, 1.54) is 25.5 Å². The summed E-state index contributed by atoms with van der Waals surface area (Å²) in [5, 5.41) is 10.8. The largest absolute Gasteiger partial charge is 0.495 e. The predicted octanol–water partition coefficient (Wildman–Crippen LogP) is 1.67. The van der Waals surface area contributed by atoms with Gasteiger partial charge >= 0.3 is 0 Å². The molecule has 0 radical (unpaired) electrons. The smallest absolute Gasteiger partial charge is 0.271 e. The van der Waals surface area contributed by atoms with Crippen LogP contribution in [0.4, 0.5) is 5.69 Å². The number of nitrogens with one attached hydrogen (secondary N) is 1. The van der Waals surface area contributed by atoms with Crippen molar-refractivity contribution in [2.24, 2.45) is 0 Å². The number of furan rings is 1. The number of nitrogens with zero attached hydrogens (tertiary/aromatic N) is 1. The highest BCUT2D eigenvalue weighted by Gasteiger charge is 2.23. The van der Waals surface area contributed by atoms with Crippen molar-refractivity contribution < 1.29 is 22.5 Å². The third kappa shape index (κ3) is 3.38. The lowest BCUT2D eigenvalue weighted by Crippen LogP contribution is -2.23. The van der Waals surface area contributed by atoms with Crippen LogP contribution in [0.3, 0.4) is 0 Å². The molecule has 0 bridgehead atoms. The van der Waals surface area contributed by atoms with Gasteiger partial charge < -0.3 is 9.15 Å². The Labute approximate surface area is 120 Å². The molecule has 8 nitrogen and oxygen atoms in total. The van der Waals surface area contributed by atoms with E-state index in [0.717, 1.165) is 6.07 Å². The molecule has 0 fully saturated rings. The zero-order valence-corrected chi connectivity index (χ0v) is 11.8. The first kappa shape index (κ1) is 15.0. The lowest BCUT2D eigenvalue weighted by atomic mass is 10.3. The Morgan fingerprint density at radius 1 is 1.38 bits per heavy atom. The predicted molar refractivity (Wildman–Crippen MR) is 72.4 cm³/mol. The number of sulfonamides is 1. The van der Waals surface area contributed by atoms with Crippen molar-refractivity contribution in [2.75, 3.05) is 7.11 Å². The minimum Gasteiger partial charge on any atom is -0.495 e. The van der Waals surface area contributed by atoms with E-state index in [1.807, 2.05) is 0 Å². The van der Waals surface area contributed by atoms with Crippen LogP contribution in [0.15, 0.2) is 45.9 Å². The molecule has 21 heavy (non-hydrogen) atoms. The molecule has 0 aliphatic heterocycles. The van der Waals surface area contributed by atoms with E-state index in [9.17, 15) is 18.5 Å². The van der Waals surface area contributed by atoms with E-state index >= 15 is 0 Å². The number of rotatable bonds is 6. The highest BCUT2D eigenvalue weighted by atomic mass is 32.2. The van der Waals surface area contributed by atoms with Gasteiger partial charge in [-0.2, -0.15) is 0 Å². The average molecular weight is 312 g/mol. The van der Waals surface area contributed by atoms with E-state index in [-0.39, 0.29) is 22.9 Å². The molecule has 9 heteroatoms. The van der Waals surface area contributed by atoms with Crippen molar-refractivity contribution in [3.05, 3.63) is 52.5 Å². The molecule has 0 spiro atoms. The second kappa shape index (κ2) is 5.94. The van der Waals surface area contributed by atoms with Gasteiger partial charge in [-0.1, -0.05) is 0 Å². The third-order valence-corrected chi connectivity index (χ3v) is 4.09. The molecule has 0 atom stereocenters. The zero-order chi connectivity index (χ0) is 15.5. The maximum Gasteiger partial charge on any atom is 0.271 e. The van der Waals surface area contributed by atoms with Crippen molar-refractivity contribution in [2.45, 2.75) is 11.4 Å². The summed E-state index contributed by atoms with van der Waals surface area (Å²) in [7, 11) is -2.69. The first-order valence-electron chi connectivity index (χ1n) is 5.78.